The number of hydrogen-bond donors (Lipinski definition) is 0. The number of unbranched alkanes of at least 4 members (excludes halogenated alkanes) is 22. The van der Waals surface area contributed by atoms with Crippen LogP contribution in [0.15, 0.2) is 24.3 Å². The summed E-state index contributed by atoms with van der Waals surface area (Å²) < 4.78 is 39.7. The Labute approximate surface area is 362 Å². The highest BCUT2D eigenvalue weighted by atomic mass is 31.2. The van der Waals surface area contributed by atoms with Gasteiger partial charge in [-0.1, -0.05) is 154 Å². The number of nitrogens with zero attached hydrogens (tertiary/aromatic N) is 1. The number of carbonyl (C=O) groups is 2. The molecule has 0 saturated carbocycles. The lowest BCUT2D eigenvalue weighted by atomic mass is 10.1. The molecular formula is C48H90NO9P. The fraction of sp³-hybridized carbons (Fsp3) is 0.875. The summed E-state index contributed by atoms with van der Waals surface area (Å²) in [7, 11) is 1.15. The third-order valence-electron chi connectivity index (χ3n) is 10.9. The summed E-state index contributed by atoms with van der Waals surface area (Å²) in [6, 6.07) is 0. The first-order valence-electron chi connectivity index (χ1n) is 24.2. The van der Waals surface area contributed by atoms with E-state index in [4.69, 9.17) is 23.3 Å². The molecule has 1 aliphatic heterocycles. The van der Waals surface area contributed by atoms with Gasteiger partial charge >= 0.3 is 11.9 Å². The molecule has 59 heavy (non-hydrogen) atoms. The van der Waals surface area contributed by atoms with Crippen LogP contribution in [0.3, 0.4) is 0 Å². The van der Waals surface area contributed by atoms with Gasteiger partial charge in [0.05, 0.1) is 40.0 Å². The number of hydrogen-bond acceptors (Lipinski definition) is 9. The van der Waals surface area contributed by atoms with E-state index in [1.807, 2.05) is 21.1 Å². The second-order valence-corrected chi connectivity index (χ2v) is 19.3. The van der Waals surface area contributed by atoms with Crippen molar-refractivity contribution in [3.63, 3.8) is 0 Å². The molecule has 0 N–H and O–H groups in total. The topological polar surface area (TPSA) is 124 Å². The summed E-state index contributed by atoms with van der Waals surface area (Å²) in [5.41, 5.74) is 0. The maximum atomic E-state index is 12.7. The van der Waals surface area contributed by atoms with Crippen LogP contribution >= 0.6 is 7.82 Å². The number of likely N-dealkylation sites (N-methyl/N-ethyl adjacent to an activating group) is 1. The second-order valence-electron chi connectivity index (χ2n) is 17.9. The van der Waals surface area contributed by atoms with Crippen LogP contribution in [0.5, 0.6) is 0 Å². The third-order valence-corrected chi connectivity index (χ3v) is 11.8. The Balaban J connectivity index is 2.23. The molecule has 0 aromatic heterocycles. The van der Waals surface area contributed by atoms with Crippen LogP contribution in [0.2, 0.25) is 0 Å². The standard InChI is InChI=1S/C48H90NO9P/c1-6-8-10-11-12-13-14-15-16-17-18-19-20-21-22-23-27-30-34-38-47(50)54-42-44(43-56-59(52,53)55-41-40-49(3,4)5)57-48(51)39-35-31-28-25-24-26-29-33-37-46-45(58-46)36-32-9-7-2/h15-16,29,33,44-46H,6-14,17-28,30-32,34-43H2,1-5H3/b16-15-,33-29-/t44-,45?,46?/m1/s1. The lowest BCUT2D eigenvalue weighted by Crippen LogP contribution is -2.37. The molecule has 0 radical (unpaired) electrons. The van der Waals surface area contributed by atoms with Crippen molar-refractivity contribution in [3.8, 4) is 0 Å². The van der Waals surface area contributed by atoms with E-state index in [1.165, 1.54) is 116 Å². The summed E-state index contributed by atoms with van der Waals surface area (Å²) in [4.78, 5) is 37.6. The number of esters is 2. The quantitative estimate of drug-likeness (QED) is 0.0147. The fourth-order valence-electron chi connectivity index (χ4n) is 6.95. The van der Waals surface area contributed by atoms with Crippen molar-refractivity contribution in [2.45, 2.75) is 225 Å². The van der Waals surface area contributed by atoms with E-state index in [9.17, 15) is 19.0 Å². The predicted molar refractivity (Wildman–Crippen MR) is 240 cm³/mol. The van der Waals surface area contributed by atoms with Gasteiger partial charge in [0, 0.05) is 12.8 Å². The number of allylic oxidation sites excluding steroid dienone is 3. The zero-order valence-corrected chi connectivity index (χ0v) is 39.5. The van der Waals surface area contributed by atoms with E-state index in [0.29, 0.717) is 29.7 Å². The summed E-state index contributed by atoms with van der Waals surface area (Å²) >= 11 is 0. The molecule has 0 amide bonds. The van der Waals surface area contributed by atoms with Crippen LogP contribution in [0.1, 0.15) is 206 Å². The first kappa shape index (κ1) is 55.5. The molecule has 346 valence electrons. The van der Waals surface area contributed by atoms with Gasteiger partial charge in [-0.05, 0) is 64.2 Å². The van der Waals surface area contributed by atoms with Crippen molar-refractivity contribution in [3.05, 3.63) is 24.3 Å². The van der Waals surface area contributed by atoms with Crippen molar-refractivity contribution in [1.29, 1.82) is 0 Å². The van der Waals surface area contributed by atoms with Crippen LogP contribution in [-0.2, 0) is 37.4 Å². The molecule has 3 unspecified atom stereocenters. The molecule has 0 aromatic carbocycles. The van der Waals surface area contributed by atoms with Crippen LogP contribution in [0, 0.1) is 0 Å². The maximum absolute atomic E-state index is 12.7. The van der Waals surface area contributed by atoms with E-state index in [-0.39, 0.29) is 32.0 Å². The smallest absolute Gasteiger partial charge is 0.306 e. The van der Waals surface area contributed by atoms with Gasteiger partial charge in [0.2, 0.25) is 0 Å². The molecule has 1 rings (SSSR count). The molecule has 1 saturated heterocycles. The highest BCUT2D eigenvalue weighted by Gasteiger charge is 2.36. The first-order chi connectivity index (χ1) is 28.5. The van der Waals surface area contributed by atoms with Gasteiger partial charge in [-0.25, -0.2) is 0 Å². The molecule has 11 heteroatoms. The molecule has 0 bridgehead atoms. The minimum absolute atomic E-state index is 0.0354. The van der Waals surface area contributed by atoms with E-state index < -0.39 is 26.5 Å². The highest BCUT2D eigenvalue weighted by molar-refractivity contribution is 7.45. The highest BCUT2D eigenvalue weighted by Crippen LogP contribution is 2.38. The Morgan fingerprint density at radius 1 is 0.610 bits per heavy atom. The molecule has 4 atom stereocenters. The minimum atomic E-state index is -4.63. The summed E-state index contributed by atoms with van der Waals surface area (Å²) in [5, 5.41) is 0. The maximum Gasteiger partial charge on any atom is 0.306 e. The molecule has 0 aliphatic carbocycles. The van der Waals surface area contributed by atoms with Crippen LogP contribution in [0.25, 0.3) is 0 Å². The van der Waals surface area contributed by atoms with E-state index in [1.54, 1.807) is 0 Å². The van der Waals surface area contributed by atoms with Gasteiger partial charge < -0.3 is 32.6 Å². The van der Waals surface area contributed by atoms with E-state index in [2.05, 4.69) is 38.2 Å². The zero-order valence-electron chi connectivity index (χ0n) is 38.7. The second kappa shape index (κ2) is 37.0. The molecule has 0 aromatic rings. The first-order valence-corrected chi connectivity index (χ1v) is 25.6. The minimum Gasteiger partial charge on any atom is -0.756 e. The largest absolute Gasteiger partial charge is 0.756 e. The van der Waals surface area contributed by atoms with Crippen LogP contribution in [-0.4, -0.2) is 82.2 Å². The molecule has 1 aliphatic rings. The predicted octanol–water partition coefficient (Wildman–Crippen LogP) is 12.3. The van der Waals surface area contributed by atoms with Gasteiger partial charge in [-0.3, -0.25) is 14.2 Å². The fourth-order valence-corrected chi connectivity index (χ4v) is 7.68. The Morgan fingerprint density at radius 3 is 1.63 bits per heavy atom. The van der Waals surface area contributed by atoms with Gasteiger partial charge in [-0.2, -0.15) is 0 Å². The summed E-state index contributed by atoms with van der Waals surface area (Å²) in [6.45, 7) is 4.18. The Kier molecular flexibility index (Phi) is 34.8. The van der Waals surface area contributed by atoms with Crippen molar-refractivity contribution in [1.82, 2.24) is 0 Å². The number of quaternary nitrogens is 1. The van der Waals surface area contributed by atoms with Crippen molar-refractivity contribution in [2.24, 2.45) is 0 Å². The number of phosphoric acid groups is 1. The van der Waals surface area contributed by atoms with Crippen molar-refractivity contribution in [2.75, 3.05) is 47.5 Å². The summed E-state index contributed by atoms with van der Waals surface area (Å²) in [6.07, 6.45) is 42.3. The van der Waals surface area contributed by atoms with Gasteiger partial charge in [0.25, 0.3) is 7.82 Å². The van der Waals surface area contributed by atoms with Gasteiger partial charge in [0.1, 0.15) is 19.8 Å². The molecule has 10 nitrogen and oxygen atoms in total. The van der Waals surface area contributed by atoms with Crippen LogP contribution in [0.4, 0.5) is 0 Å². The molecule has 1 heterocycles. The average molecular weight is 856 g/mol. The number of rotatable bonds is 43. The van der Waals surface area contributed by atoms with E-state index >= 15 is 0 Å². The van der Waals surface area contributed by atoms with Gasteiger partial charge in [0.15, 0.2) is 6.10 Å². The third kappa shape index (κ3) is 37.9. The average Bonchev–Trinajstić information content (AvgIpc) is 3.94. The monoisotopic (exact) mass is 856 g/mol. The molecular weight excluding hydrogens is 765 g/mol. The Hall–Kier alpha value is -1.55. The van der Waals surface area contributed by atoms with Crippen molar-refractivity contribution < 1.29 is 46.8 Å². The number of epoxide rings is 1. The number of carbonyl (C=O) groups excluding carboxylic acids is 2. The molecule has 0 spiro atoms. The van der Waals surface area contributed by atoms with Gasteiger partial charge in [-0.15, -0.1) is 0 Å². The van der Waals surface area contributed by atoms with Crippen LogP contribution < -0.4 is 4.89 Å². The Morgan fingerprint density at radius 2 is 1.08 bits per heavy atom. The molecule has 1 fully saturated rings. The van der Waals surface area contributed by atoms with Crippen molar-refractivity contribution >= 4 is 19.8 Å². The lowest BCUT2D eigenvalue weighted by Gasteiger charge is -2.28. The Bertz CT molecular complexity index is 1120. The zero-order chi connectivity index (χ0) is 43.3. The number of ether oxygens (including phenoxy) is 3. The summed E-state index contributed by atoms with van der Waals surface area (Å²) in [5.74, 6) is -0.853. The lowest BCUT2D eigenvalue weighted by molar-refractivity contribution is -0.870. The normalized spacial score (nSPS) is 17.1. The number of phosphoric ester groups is 1. The van der Waals surface area contributed by atoms with E-state index in [0.717, 1.165) is 57.8 Å². The SMILES string of the molecule is CCCCCCCC/C=C\CCCCCCCCCCCC(=O)OC[C@H](COP(=O)([O-])OCC[N+](C)(C)C)OC(=O)CCCCCCC/C=C\CC1OC1CCCCC.